The molecule has 0 aromatic carbocycles. The van der Waals surface area contributed by atoms with Gasteiger partial charge in [0.15, 0.2) is 11.5 Å². The summed E-state index contributed by atoms with van der Waals surface area (Å²) in [6, 6.07) is 5.98. The van der Waals surface area contributed by atoms with Crippen molar-refractivity contribution in [1.82, 2.24) is 14.7 Å². The minimum atomic E-state index is -0.457. The minimum absolute atomic E-state index is 0.00662. The van der Waals surface area contributed by atoms with Crippen molar-refractivity contribution in [3.05, 3.63) is 29.3 Å². The van der Waals surface area contributed by atoms with Gasteiger partial charge in [0.1, 0.15) is 0 Å². The van der Waals surface area contributed by atoms with Crippen molar-refractivity contribution in [1.29, 1.82) is 0 Å². The van der Waals surface area contributed by atoms with E-state index in [1.54, 1.807) is 11.3 Å². The molecule has 2 aliphatic rings. The minimum Gasteiger partial charge on any atom is -0.347 e. The third kappa shape index (κ3) is 2.76. The summed E-state index contributed by atoms with van der Waals surface area (Å²) >= 11 is 1.66. The van der Waals surface area contributed by atoms with Crippen LogP contribution in [0.3, 0.4) is 0 Å². The fourth-order valence-electron chi connectivity index (χ4n) is 3.38. The van der Waals surface area contributed by atoms with Crippen LogP contribution in [0, 0.1) is 0 Å². The summed E-state index contributed by atoms with van der Waals surface area (Å²) in [6.45, 7) is 5.37. The van der Waals surface area contributed by atoms with E-state index in [1.165, 1.54) is 0 Å². The van der Waals surface area contributed by atoms with Crippen molar-refractivity contribution in [3.8, 4) is 10.6 Å². The van der Waals surface area contributed by atoms with E-state index in [1.807, 2.05) is 34.0 Å². The molecule has 0 aliphatic carbocycles. The SMILES string of the molecule is CCn1nc(C(=O)N2CCC3(CC2)OCCO3)cc1-c1cccs1. The van der Waals surface area contributed by atoms with Crippen molar-refractivity contribution < 1.29 is 14.3 Å². The van der Waals surface area contributed by atoms with E-state index in [4.69, 9.17) is 9.47 Å². The molecule has 7 heteroatoms. The molecule has 0 radical (unpaired) electrons. The number of amides is 1. The third-order valence-electron chi connectivity index (χ3n) is 4.70. The molecule has 0 atom stereocenters. The normalized spacial score (nSPS) is 20.0. The van der Waals surface area contributed by atoms with Crippen LogP contribution < -0.4 is 0 Å². The highest BCUT2D eigenvalue weighted by atomic mass is 32.1. The summed E-state index contributed by atoms with van der Waals surface area (Å²) in [5.41, 5.74) is 1.52. The number of nitrogens with zero attached hydrogens (tertiary/aromatic N) is 3. The fraction of sp³-hybridized carbons (Fsp3) is 0.529. The van der Waals surface area contributed by atoms with Gasteiger partial charge in [-0.05, 0) is 24.4 Å². The number of ether oxygens (including phenoxy) is 2. The number of carbonyl (C=O) groups is 1. The molecule has 2 aromatic rings. The maximum Gasteiger partial charge on any atom is 0.274 e. The lowest BCUT2D eigenvalue weighted by Crippen LogP contribution is -2.47. The quantitative estimate of drug-likeness (QED) is 0.856. The Morgan fingerprint density at radius 1 is 1.33 bits per heavy atom. The second-order valence-electron chi connectivity index (χ2n) is 6.11. The summed E-state index contributed by atoms with van der Waals surface area (Å²) in [4.78, 5) is 15.8. The zero-order valence-corrected chi connectivity index (χ0v) is 14.6. The number of hydrogen-bond donors (Lipinski definition) is 0. The Morgan fingerprint density at radius 2 is 2.08 bits per heavy atom. The van der Waals surface area contributed by atoms with Crippen LogP contribution in [-0.2, 0) is 16.0 Å². The maximum absolute atomic E-state index is 12.8. The number of aryl methyl sites for hydroxylation is 1. The zero-order chi connectivity index (χ0) is 16.6. The average Bonchev–Trinajstić information content (AvgIpc) is 3.35. The van der Waals surface area contributed by atoms with Crippen molar-refractivity contribution in [2.75, 3.05) is 26.3 Å². The molecule has 0 unspecified atom stereocenters. The van der Waals surface area contributed by atoms with Crippen LogP contribution in [0.25, 0.3) is 10.6 Å². The highest BCUT2D eigenvalue weighted by Gasteiger charge is 2.41. The number of likely N-dealkylation sites (tertiary alicyclic amines) is 1. The van der Waals surface area contributed by atoms with Gasteiger partial charge >= 0.3 is 0 Å². The van der Waals surface area contributed by atoms with Gasteiger partial charge in [0.25, 0.3) is 5.91 Å². The molecule has 4 rings (SSSR count). The Kier molecular flexibility index (Phi) is 4.15. The monoisotopic (exact) mass is 347 g/mol. The highest BCUT2D eigenvalue weighted by Crippen LogP contribution is 2.32. The van der Waals surface area contributed by atoms with Gasteiger partial charge in [-0.2, -0.15) is 5.10 Å². The Bertz CT molecular complexity index is 710. The van der Waals surface area contributed by atoms with Gasteiger partial charge < -0.3 is 14.4 Å². The molecule has 128 valence electrons. The van der Waals surface area contributed by atoms with Crippen LogP contribution >= 0.6 is 11.3 Å². The summed E-state index contributed by atoms with van der Waals surface area (Å²) in [5.74, 6) is -0.463. The first-order valence-electron chi connectivity index (χ1n) is 8.40. The summed E-state index contributed by atoms with van der Waals surface area (Å²) in [7, 11) is 0. The molecule has 0 N–H and O–H groups in total. The molecule has 1 amide bonds. The van der Waals surface area contributed by atoms with Gasteiger partial charge in [0.05, 0.1) is 23.8 Å². The molecular formula is C17H21N3O3S. The lowest BCUT2D eigenvalue weighted by molar-refractivity contribution is -0.181. The van der Waals surface area contributed by atoms with Gasteiger partial charge in [-0.3, -0.25) is 9.48 Å². The predicted molar refractivity (Wildman–Crippen MR) is 91.0 cm³/mol. The molecule has 2 saturated heterocycles. The van der Waals surface area contributed by atoms with Crippen molar-refractivity contribution in [3.63, 3.8) is 0 Å². The molecule has 4 heterocycles. The van der Waals surface area contributed by atoms with Gasteiger partial charge in [-0.15, -0.1) is 11.3 Å². The Morgan fingerprint density at radius 3 is 2.71 bits per heavy atom. The Labute approximate surface area is 145 Å². The summed E-state index contributed by atoms with van der Waals surface area (Å²) in [6.07, 6.45) is 1.45. The highest BCUT2D eigenvalue weighted by molar-refractivity contribution is 7.13. The van der Waals surface area contributed by atoms with Gasteiger partial charge in [-0.25, -0.2) is 0 Å². The van der Waals surface area contributed by atoms with Crippen molar-refractivity contribution in [2.45, 2.75) is 32.1 Å². The summed E-state index contributed by atoms with van der Waals surface area (Å²) < 4.78 is 13.3. The van der Waals surface area contributed by atoms with Gasteiger partial charge in [0, 0.05) is 32.5 Å². The van der Waals surface area contributed by atoms with E-state index < -0.39 is 5.79 Å². The van der Waals surface area contributed by atoms with Gasteiger partial charge in [0.2, 0.25) is 0 Å². The van der Waals surface area contributed by atoms with Crippen LogP contribution in [0.4, 0.5) is 0 Å². The van der Waals surface area contributed by atoms with E-state index >= 15 is 0 Å². The largest absolute Gasteiger partial charge is 0.347 e. The Balaban J connectivity index is 1.51. The average molecular weight is 347 g/mol. The standard InChI is InChI=1S/C17H21N3O3S/c1-2-20-14(15-4-3-11-24-15)12-13(18-20)16(21)19-7-5-17(6-8-19)22-9-10-23-17/h3-4,11-12H,2,5-10H2,1H3. The molecule has 1 spiro atoms. The smallest absolute Gasteiger partial charge is 0.274 e. The number of thiophene rings is 1. The van der Waals surface area contributed by atoms with Crippen LogP contribution in [0.5, 0.6) is 0 Å². The lowest BCUT2D eigenvalue weighted by atomic mass is 10.0. The second-order valence-corrected chi connectivity index (χ2v) is 7.06. The molecule has 2 aromatic heterocycles. The first-order chi connectivity index (χ1) is 11.7. The molecule has 2 fully saturated rings. The molecule has 6 nitrogen and oxygen atoms in total. The van der Waals surface area contributed by atoms with Crippen LogP contribution in [0.15, 0.2) is 23.6 Å². The number of rotatable bonds is 3. The molecule has 0 bridgehead atoms. The molecule has 2 aliphatic heterocycles. The van der Waals surface area contributed by atoms with E-state index in [9.17, 15) is 4.79 Å². The maximum atomic E-state index is 12.8. The van der Waals surface area contributed by atoms with Crippen LogP contribution in [-0.4, -0.2) is 52.7 Å². The molecule has 24 heavy (non-hydrogen) atoms. The molecular weight excluding hydrogens is 326 g/mol. The third-order valence-corrected chi connectivity index (χ3v) is 5.59. The predicted octanol–water partition coefficient (Wildman–Crippen LogP) is 2.61. The van der Waals surface area contributed by atoms with E-state index in [2.05, 4.69) is 11.2 Å². The van der Waals surface area contributed by atoms with E-state index in [-0.39, 0.29) is 5.91 Å². The lowest BCUT2D eigenvalue weighted by Gasteiger charge is -2.37. The van der Waals surface area contributed by atoms with E-state index in [0.717, 1.165) is 30.0 Å². The first kappa shape index (κ1) is 15.8. The van der Waals surface area contributed by atoms with Crippen molar-refractivity contribution >= 4 is 17.2 Å². The second kappa shape index (κ2) is 6.31. The number of hydrogen-bond acceptors (Lipinski definition) is 5. The fourth-order valence-corrected chi connectivity index (χ4v) is 4.13. The number of carbonyl (C=O) groups excluding carboxylic acids is 1. The molecule has 0 saturated carbocycles. The first-order valence-corrected chi connectivity index (χ1v) is 9.28. The summed E-state index contributed by atoms with van der Waals surface area (Å²) in [5, 5.41) is 6.56. The topological polar surface area (TPSA) is 56.6 Å². The van der Waals surface area contributed by atoms with Gasteiger partial charge in [-0.1, -0.05) is 6.07 Å². The van der Waals surface area contributed by atoms with Crippen LogP contribution in [0.2, 0.25) is 0 Å². The van der Waals surface area contributed by atoms with E-state index in [0.29, 0.717) is 32.0 Å². The number of aromatic nitrogens is 2. The number of piperidine rings is 1. The zero-order valence-electron chi connectivity index (χ0n) is 13.7. The van der Waals surface area contributed by atoms with Crippen molar-refractivity contribution in [2.24, 2.45) is 0 Å². The van der Waals surface area contributed by atoms with Crippen LogP contribution in [0.1, 0.15) is 30.3 Å². The Hall–Kier alpha value is -1.70.